The number of carbonyl (C=O) groups is 2. The zero-order valence-corrected chi connectivity index (χ0v) is 16.3. The number of Topliss-reactive ketones (excluding diaryl/α,β-unsaturated/α-hetero) is 1. The summed E-state index contributed by atoms with van der Waals surface area (Å²) in [6, 6.07) is 16.2. The molecule has 0 bridgehead atoms. The summed E-state index contributed by atoms with van der Waals surface area (Å²) in [6.45, 7) is 1.98. The Kier molecular flexibility index (Phi) is 5.30. The van der Waals surface area contributed by atoms with Crippen molar-refractivity contribution < 1.29 is 19.4 Å². The lowest BCUT2D eigenvalue weighted by atomic mass is 9.72. The van der Waals surface area contributed by atoms with E-state index in [1.54, 1.807) is 18.2 Å². The molecule has 1 unspecified atom stereocenters. The molecule has 0 fully saturated rings. The number of hydrogen-bond acceptors (Lipinski definition) is 5. The van der Waals surface area contributed by atoms with Crippen molar-refractivity contribution >= 4 is 17.5 Å². The molecular weight excluding hydrogens is 366 g/mol. The Morgan fingerprint density at radius 3 is 2.69 bits per heavy atom. The van der Waals surface area contributed by atoms with Crippen LogP contribution in [0, 0.1) is 5.92 Å². The van der Waals surface area contributed by atoms with Gasteiger partial charge in [0, 0.05) is 29.3 Å². The number of ether oxygens (including phenoxy) is 1. The highest BCUT2D eigenvalue weighted by Crippen LogP contribution is 2.44. The molecule has 1 N–H and O–H groups in total. The summed E-state index contributed by atoms with van der Waals surface area (Å²) in [5.74, 6) is -1.47. The fourth-order valence-electron chi connectivity index (χ4n) is 4.21. The van der Waals surface area contributed by atoms with E-state index in [0.717, 1.165) is 29.7 Å². The second-order valence-electron chi connectivity index (χ2n) is 7.53. The molecule has 0 radical (unpaired) electrons. The Morgan fingerprint density at radius 2 is 1.93 bits per heavy atom. The highest BCUT2D eigenvalue weighted by Gasteiger charge is 2.43. The SMILES string of the molecule is CC1=NC2=C(C(=O)CCC2)[C@H](c2cccc(O)c2)C1C(=O)OCc1ccccc1. The van der Waals surface area contributed by atoms with Crippen molar-refractivity contribution in [1.29, 1.82) is 0 Å². The molecule has 5 heteroatoms. The second kappa shape index (κ2) is 8.03. The number of aliphatic imine (C=N–C) groups is 1. The minimum Gasteiger partial charge on any atom is -0.508 e. The molecule has 0 aromatic heterocycles. The van der Waals surface area contributed by atoms with Gasteiger partial charge in [0.2, 0.25) is 0 Å². The monoisotopic (exact) mass is 389 g/mol. The normalized spacial score (nSPS) is 21.4. The second-order valence-corrected chi connectivity index (χ2v) is 7.53. The molecule has 29 heavy (non-hydrogen) atoms. The van der Waals surface area contributed by atoms with Crippen LogP contribution in [0.2, 0.25) is 0 Å². The maximum Gasteiger partial charge on any atom is 0.315 e. The molecule has 1 aliphatic carbocycles. The zero-order chi connectivity index (χ0) is 20.4. The van der Waals surface area contributed by atoms with Crippen LogP contribution >= 0.6 is 0 Å². The smallest absolute Gasteiger partial charge is 0.315 e. The highest BCUT2D eigenvalue weighted by molar-refractivity contribution is 6.08. The molecule has 0 saturated carbocycles. The van der Waals surface area contributed by atoms with Crippen LogP contribution in [0.4, 0.5) is 0 Å². The molecule has 0 amide bonds. The molecule has 2 aromatic rings. The zero-order valence-electron chi connectivity index (χ0n) is 16.3. The molecule has 4 rings (SSSR count). The van der Waals surface area contributed by atoms with Gasteiger partial charge in [-0.15, -0.1) is 0 Å². The molecule has 1 heterocycles. The van der Waals surface area contributed by atoms with Crippen molar-refractivity contribution in [3.05, 3.63) is 77.0 Å². The van der Waals surface area contributed by atoms with E-state index in [4.69, 9.17) is 4.74 Å². The minimum absolute atomic E-state index is 0.0247. The number of benzene rings is 2. The molecule has 148 valence electrons. The van der Waals surface area contributed by atoms with Gasteiger partial charge >= 0.3 is 5.97 Å². The number of carbonyl (C=O) groups excluding carboxylic acids is 2. The predicted molar refractivity (Wildman–Crippen MR) is 110 cm³/mol. The Bertz CT molecular complexity index is 1010. The van der Waals surface area contributed by atoms with Crippen LogP contribution < -0.4 is 0 Å². The predicted octanol–water partition coefficient (Wildman–Crippen LogP) is 4.32. The Morgan fingerprint density at radius 1 is 1.14 bits per heavy atom. The fraction of sp³-hybridized carbons (Fsp3) is 0.292. The summed E-state index contributed by atoms with van der Waals surface area (Å²) in [5, 5.41) is 10.0. The van der Waals surface area contributed by atoms with E-state index in [0.29, 0.717) is 17.7 Å². The molecule has 1 aliphatic heterocycles. The largest absolute Gasteiger partial charge is 0.508 e. The Labute approximate surface area is 169 Å². The molecule has 2 aromatic carbocycles. The summed E-state index contributed by atoms with van der Waals surface area (Å²) >= 11 is 0. The lowest BCUT2D eigenvalue weighted by Gasteiger charge is -2.34. The van der Waals surface area contributed by atoms with Crippen LogP contribution in [0.3, 0.4) is 0 Å². The first-order valence-corrected chi connectivity index (χ1v) is 9.85. The third kappa shape index (κ3) is 3.86. The number of nitrogens with zero attached hydrogens (tertiary/aromatic N) is 1. The van der Waals surface area contributed by atoms with Gasteiger partial charge in [0.15, 0.2) is 5.78 Å². The quantitative estimate of drug-likeness (QED) is 0.791. The van der Waals surface area contributed by atoms with Gasteiger partial charge < -0.3 is 9.84 Å². The van der Waals surface area contributed by atoms with Crippen LogP contribution in [0.5, 0.6) is 5.75 Å². The van der Waals surface area contributed by atoms with E-state index < -0.39 is 17.8 Å². The minimum atomic E-state index is -0.693. The average molecular weight is 389 g/mol. The first-order chi connectivity index (χ1) is 14.0. The van der Waals surface area contributed by atoms with Crippen LogP contribution in [0.25, 0.3) is 0 Å². The van der Waals surface area contributed by atoms with Gasteiger partial charge in [-0.05, 0) is 43.0 Å². The number of phenols is 1. The standard InChI is InChI=1S/C24H23NO4/c1-15-21(24(28)29-14-16-7-3-2-4-8-16)22(17-9-5-10-18(26)13-17)23-19(25-15)11-6-12-20(23)27/h2-5,7-10,13,21-22,26H,6,11-12,14H2,1H3/t21?,22-/m1/s1. The van der Waals surface area contributed by atoms with E-state index in [-0.39, 0.29) is 18.1 Å². The van der Waals surface area contributed by atoms with E-state index in [2.05, 4.69) is 4.99 Å². The number of esters is 1. The van der Waals surface area contributed by atoms with E-state index in [1.165, 1.54) is 0 Å². The van der Waals surface area contributed by atoms with E-state index >= 15 is 0 Å². The number of ketones is 1. The van der Waals surface area contributed by atoms with Crippen LogP contribution in [-0.2, 0) is 20.9 Å². The maximum atomic E-state index is 13.1. The molecule has 0 spiro atoms. The van der Waals surface area contributed by atoms with Crippen LogP contribution in [0.15, 0.2) is 70.9 Å². The van der Waals surface area contributed by atoms with Gasteiger partial charge in [0.05, 0.1) is 0 Å². The van der Waals surface area contributed by atoms with E-state index in [1.807, 2.05) is 43.3 Å². The van der Waals surface area contributed by atoms with Gasteiger partial charge in [0.1, 0.15) is 18.3 Å². The van der Waals surface area contributed by atoms with Gasteiger partial charge in [-0.1, -0.05) is 42.5 Å². The number of allylic oxidation sites excluding steroid dienone is 2. The maximum absolute atomic E-state index is 13.1. The molecular formula is C24H23NO4. The number of hydrogen-bond donors (Lipinski definition) is 1. The van der Waals surface area contributed by atoms with Crippen molar-refractivity contribution in [3.8, 4) is 5.75 Å². The fourth-order valence-corrected chi connectivity index (χ4v) is 4.21. The molecule has 5 nitrogen and oxygen atoms in total. The van der Waals surface area contributed by atoms with Crippen molar-refractivity contribution in [3.63, 3.8) is 0 Å². The topological polar surface area (TPSA) is 76.0 Å². The Hall–Kier alpha value is -3.21. The summed E-state index contributed by atoms with van der Waals surface area (Å²) in [7, 11) is 0. The lowest BCUT2D eigenvalue weighted by molar-refractivity contribution is -0.148. The molecule has 2 atom stereocenters. The average Bonchev–Trinajstić information content (AvgIpc) is 2.72. The van der Waals surface area contributed by atoms with Crippen LogP contribution in [-0.4, -0.2) is 22.6 Å². The molecule has 2 aliphatic rings. The summed E-state index contributed by atoms with van der Waals surface area (Å²) in [4.78, 5) is 30.6. The van der Waals surface area contributed by atoms with Gasteiger partial charge in [-0.2, -0.15) is 0 Å². The third-order valence-corrected chi connectivity index (χ3v) is 5.54. The lowest BCUT2D eigenvalue weighted by Crippen LogP contribution is -2.37. The molecule has 0 saturated heterocycles. The first kappa shape index (κ1) is 19.1. The van der Waals surface area contributed by atoms with Crippen LogP contribution in [0.1, 0.15) is 43.2 Å². The van der Waals surface area contributed by atoms with Gasteiger partial charge in [-0.25, -0.2) is 0 Å². The van der Waals surface area contributed by atoms with Crippen molar-refractivity contribution in [1.82, 2.24) is 0 Å². The summed E-state index contributed by atoms with van der Waals surface area (Å²) in [5.41, 5.74) is 3.62. The van der Waals surface area contributed by atoms with E-state index in [9.17, 15) is 14.7 Å². The van der Waals surface area contributed by atoms with Gasteiger partial charge in [0.25, 0.3) is 0 Å². The number of aromatic hydroxyl groups is 1. The van der Waals surface area contributed by atoms with Crippen molar-refractivity contribution in [2.24, 2.45) is 10.9 Å². The third-order valence-electron chi connectivity index (χ3n) is 5.54. The number of phenolic OH excluding ortho intramolecular Hbond substituents is 1. The summed E-state index contributed by atoms with van der Waals surface area (Å²) in [6.07, 6.45) is 1.94. The summed E-state index contributed by atoms with van der Waals surface area (Å²) < 4.78 is 5.62. The van der Waals surface area contributed by atoms with Crippen molar-refractivity contribution in [2.45, 2.75) is 38.7 Å². The van der Waals surface area contributed by atoms with Crippen molar-refractivity contribution in [2.75, 3.05) is 0 Å². The highest BCUT2D eigenvalue weighted by atomic mass is 16.5. The Balaban J connectivity index is 1.70. The first-order valence-electron chi connectivity index (χ1n) is 9.85. The van der Waals surface area contributed by atoms with Gasteiger partial charge in [-0.3, -0.25) is 14.6 Å². The number of rotatable bonds is 4.